The van der Waals surface area contributed by atoms with Crippen molar-refractivity contribution in [2.24, 2.45) is 5.73 Å². The van der Waals surface area contributed by atoms with Gasteiger partial charge in [-0.2, -0.15) is 17.0 Å². The van der Waals surface area contributed by atoms with Crippen molar-refractivity contribution in [1.29, 1.82) is 0 Å². The molecule has 0 amide bonds. The van der Waals surface area contributed by atoms with Gasteiger partial charge in [0.15, 0.2) is 0 Å². The maximum absolute atomic E-state index is 11.4. The van der Waals surface area contributed by atoms with Crippen LogP contribution in [0.15, 0.2) is 0 Å². The van der Waals surface area contributed by atoms with Gasteiger partial charge in [-0.05, 0) is 6.92 Å². The maximum Gasteiger partial charge on any atom is 0.281 e. The third-order valence-electron chi connectivity index (χ3n) is 1.86. The van der Waals surface area contributed by atoms with Crippen LogP contribution in [0.2, 0.25) is 0 Å². The van der Waals surface area contributed by atoms with E-state index >= 15 is 0 Å². The molecular weight excluding hydrogens is 178 g/mol. The Hall–Kier alpha value is -0.170. The van der Waals surface area contributed by atoms with Crippen LogP contribution in [-0.4, -0.2) is 49.8 Å². The second kappa shape index (κ2) is 2.66. The van der Waals surface area contributed by atoms with E-state index in [0.29, 0.717) is 13.1 Å². The van der Waals surface area contributed by atoms with Gasteiger partial charge in [0, 0.05) is 32.7 Å². The number of hydrogen-bond donors (Lipinski definition) is 1. The molecule has 1 aliphatic heterocycles. The van der Waals surface area contributed by atoms with E-state index in [4.69, 9.17) is 5.73 Å². The first-order chi connectivity index (χ1) is 5.26. The highest BCUT2D eigenvalue weighted by molar-refractivity contribution is 7.86. The lowest BCUT2D eigenvalue weighted by molar-refractivity contribution is 0.168. The minimum absolute atomic E-state index is 0.344. The first kappa shape index (κ1) is 9.91. The summed E-state index contributed by atoms with van der Waals surface area (Å²) >= 11 is 0. The molecule has 0 aromatic heterocycles. The van der Waals surface area contributed by atoms with Gasteiger partial charge in [-0.15, -0.1) is 0 Å². The van der Waals surface area contributed by atoms with E-state index < -0.39 is 10.2 Å². The Morgan fingerprint density at radius 1 is 1.42 bits per heavy atom. The van der Waals surface area contributed by atoms with Gasteiger partial charge in [0.25, 0.3) is 10.2 Å². The van der Waals surface area contributed by atoms with Crippen molar-refractivity contribution in [3.8, 4) is 0 Å². The van der Waals surface area contributed by atoms with Gasteiger partial charge in [-0.3, -0.25) is 0 Å². The van der Waals surface area contributed by atoms with Gasteiger partial charge in [0.2, 0.25) is 0 Å². The second-order valence-corrected chi connectivity index (χ2v) is 5.85. The molecule has 0 radical (unpaired) electrons. The summed E-state index contributed by atoms with van der Waals surface area (Å²) in [5, 5.41) is 0. The molecule has 1 aliphatic rings. The van der Waals surface area contributed by atoms with E-state index in [1.807, 2.05) is 6.92 Å². The highest BCUT2D eigenvalue weighted by Crippen LogP contribution is 2.21. The van der Waals surface area contributed by atoms with Crippen LogP contribution in [0.25, 0.3) is 0 Å². The summed E-state index contributed by atoms with van der Waals surface area (Å²) in [6.07, 6.45) is 0. The molecule has 1 fully saturated rings. The molecule has 0 aliphatic carbocycles. The third-order valence-corrected chi connectivity index (χ3v) is 3.70. The van der Waals surface area contributed by atoms with Crippen molar-refractivity contribution >= 4 is 10.2 Å². The van der Waals surface area contributed by atoms with E-state index in [2.05, 4.69) is 0 Å². The maximum atomic E-state index is 11.4. The summed E-state index contributed by atoms with van der Waals surface area (Å²) in [6.45, 7) is 2.66. The fraction of sp³-hybridized carbons (Fsp3) is 1.00. The smallest absolute Gasteiger partial charge is 0.281 e. The van der Waals surface area contributed by atoms with Gasteiger partial charge in [0.1, 0.15) is 0 Å². The minimum atomic E-state index is -3.22. The predicted molar refractivity (Wildman–Crippen MR) is 46.8 cm³/mol. The van der Waals surface area contributed by atoms with Crippen molar-refractivity contribution < 1.29 is 8.42 Å². The molecule has 72 valence electrons. The molecule has 2 N–H and O–H groups in total. The standard InChI is InChI=1S/C6H15N3O2S/c1-6(7)4-9(5-6)12(10,11)8(2)3/h4-5,7H2,1-3H3. The highest BCUT2D eigenvalue weighted by Gasteiger charge is 2.42. The van der Waals surface area contributed by atoms with Crippen LogP contribution in [0, 0.1) is 0 Å². The Bertz CT molecular complexity index is 263. The highest BCUT2D eigenvalue weighted by atomic mass is 32.2. The molecule has 0 atom stereocenters. The molecule has 12 heavy (non-hydrogen) atoms. The zero-order valence-corrected chi connectivity index (χ0v) is 8.43. The van der Waals surface area contributed by atoms with Crippen LogP contribution in [0.1, 0.15) is 6.92 Å². The van der Waals surface area contributed by atoms with E-state index in [1.165, 1.54) is 22.7 Å². The Balaban J connectivity index is 2.65. The van der Waals surface area contributed by atoms with Crippen LogP contribution >= 0.6 is 0 Å². The number of hydrogen-bond acceptors (Lipinski definition) is 3. The van der Waals surface area contributed by atoms with E-state index in [1.54, 1.807) is 0 Å². The van der Waals surface area contributed by atoms with Gasteiger partial charge in [0.05, 0.1) is 0 Å². The average molecular weight is 193 g/mol. The number of nitrogens with zero attached hydrogens (tertiary/aromatic N) is 2. The first-order valence-electron chi connectivity index (χ1n) is 3.72. The van der Waals surface area contributed by atoms with Crippen molar-refractivity contribution in [1.82, 2.24) is 8.61 Å². The van der Waals surface area contributed by atoms with Gasteiger partial charge in [-0.1, -0.05) is 0 Å². The number of nitrogens with two attached hydrogens (primary N) is 1. The predicted octanol–water partition coefficient (Wildman–Crippen LogP) is -1.17. The number of rotatable bonds is 2. The molecule has 1 rings (SSSR count). The topological polar surface area (TPSA) is 66.6 Å². The Morgan fingerprint density at radius 2 is 1.83 bits per heavy atom. The second-order valence-electron chi connectivity index (χ2n) is 3.71. The quantitative estimate of drug-likeness (QED) is 0.600. The molecule has 5 nitrogen and oxygen atoms in total. The lowest BCUT2D eigenvalue weighted by atomic mass is 9.97. The van der Waals surface area contributed by atoms with Crippen LogP contribution in [0.5, 0.6) is 0 Å². The van der Waals surface area contributed by atoms with Crippen molar-refractivity contribution in [3.63, 3.8) is 0 Å². The summed E-state index contributed by atoms with van der Waals surface area (Å²) in [5.41, 5.74) is 5.34. The normalized spacial score (nSPS) is 24.1. The van der Waals surface area contributed by atoms with E-state index in [0.717, 1.165) is 0 Å². The van der Waals surface area contributed by atoms with Gasteiger partial charge in [-0.25, -0.2) is 0 Å². The summed E-state index contributed by atoms with van der Waals surface area (Å²) in [5.74, 6) is 0. The van der Waals surface area contributed by atoms with Crippen LogP contribution in [0.3, 0.4) is 0 Å². The first-order valence-corrected chi connectivity index (χ1v) is 5.12. The third kappa shape index (κ3) is 1.61. The molecule has 0 saturated carbocycles. The molecule has 1 heterocycles. The summed E-state index contributed by atoms with van der Waals surface area (Å²) < 4.78 is 25.4. The van der Waals surface area contributed by atoms with Gasteiger partial charge >= 0.3 is 0 Å². The fourth-order valence-corrected chi connectivity index (χ4v) is 2.53. The fourth-order valence-electron chi connectivity index (χ4n) is 1.15. The molecular formula is C6H15N3O2S. The van der Waals surface area contributed by atoms with Crippen molar-refractivity contribution in [3.05, 3.63) is 0 Å². The van der Waals surface area contributed by atoms with Gasteiger partial charge < -0.3 is 5.73 Å². The molecule has 0 aromatic carbocycles. The Morgan fingerprint density at radius 3 is 2.08 bits per heavy atom. The molecule has 0 spiro atoms. The molecule has 6 heteroatoms. The van der Waals surface area contributed by atoms with Crippen molar-refractivity contribution in [2.45, 2.75) is 12.5 Å². The summed E-state index contributed by atoms with van der Waals surface area (Å²) in [6, 6.07) is 0. The minimum Gasteiger partial charge on any atom is -0.323 e. The molecule has 0 bridgehead atoms. The van der Waals surface area contributed by atoms with E-state index in [-0.39, 0.29) is 5.54 Å². The monoisotopic (exact) mass is 193 g/mol. The zero-order chi connectivity index (χ0) is 9.57. The van der Waals surface area contributed by atoms with Crippen molar-refractivity contribution in [2.75, 3.05) is 27.2 Å². The van der Waals surface area contributed by atoms with E-state index in [9.17, 15) is 8.42 Å². The van der Waals surface area contributed by atoms with Crippen LogP contribution in [-0.2, 0) is 10.2 Å². The van der Waals surface area contributed by atoms with Crippen LogP contribution < -0.4 is 5.73 Å². The zero-order valence-electron chi connectivity index (χ0n) is 7.61. The average Bonchev–Trinajstić information content (AvgIpc) is 1.82. The molecule has 1 saturated heterocycles. The lowest BCUT2D eigenvalue weighted by Crippen LogP contribution is -2.68. The largest absolute Gasteiger partial charge is 0.323 e. The SMILES string of the molecule is CN(C)S(=O)(=O)N1CC(C)(N)C1. The summed E-state index contributed by atoms with van der Waals surface area (Å²) in [4.78, 5) is 0. The molecule has 0 unspecified atom stereocenters. The Labute approximate surface area is 73.3 Å². The summed E-state index contributed by atoms with van der Waals surface area (Å²) in [7, 11) is -0.194. The Kier molecular flexibility index (Phi) is 2.20. The van der Waals surface area contributed by atoms with Crippen LogP contribution in [0.4, 0.5) is 0 Å². The molecule has 0 aromatic rings. The lowest BCUT2D eigenvalue weighted by Gasteiger charge is -2.44.